The van der Waals surface area contributed by atoms with E-state index in [2.05, 4.69) is 15.6 Å². The van der Waals surface area contributed by atoms with E-state index in [9.17, 15) is 4.79 Å². The number of pyridine rings is 1. The molecule has 0 bridgehead atoms. The van der Waals surface area contributed by atoms with Crippen LogP contribution in [0.3, 0.4) is 0 Å². The van der Waals surface area contributed by atoms with Crippen molar-refractivity contribution in [3.05, 3.63) is 54.2 Å². The van der Waals surface area contributed by atoms with E-state index < -0.39 is 0 Å². The van der Waals surface area contributed by atoms with Crippen molar-refractivity contribution >= 4 is 23.5 Å². The average molecular weight is 313 g/mol. The van der Waals surface area contributed by atoms with Gasteiger partial charge in [0.25, 0.3) is 0 Å². The van der Waals surface area contributed by atoms with E-state index in [0.717, 1.165) is 11.3 Å². The summed E-state index contributed by atoms with van der Waals surface area (Å²) in [6.45, 7) is 0.469. The zero-order valence-corrected chi connectivity index (χ0v) is 12.8. The molecule has 1 amide bonds. The summed E-state index contributed by atoms with van der Waals surface area (Å²) in [5, 5.41) is 14.4. The van der Waals surface area contributed by atoms with Crippen LogP contribution in [-0.2, 0) is 4.79 Å². The van der Waals surface area contributed by atoms with Crippen LogP contribution in [0.15, 0.2) is 48.7 Å². The molecule has 0 fully saturated rings. The van der Waals surface area contributed by atoms with Gasteiger partial charge in [0, 0.05) is 12.6 Å². The number of carbonyl (C=O) groups excluding carboxylic acids is 1. The lowest BCUT2D eigenvalue weighted by atomic mass is 10.2. The normalized spacial score (nSPS) is 10.5. The van der Waals surface area contributed by atoms with Crippen molar-refractivity contribution in [1.29, 1.82) is 0 Å². The highest BCUT2D eigenvalue weighted by atomic mass is 16.5. The number of rotatable bonds is 7. The fraction of sp³-hybridized carbons (Fsp3) is 0.176. The Morgan fingerprint density at radius 3 is 2.91 bits per heavy atom. The Morgan fingerprint density at radius 2 is 2.22 bits per heavy atom. The van der Waals surface area contributed by atoms with Gasteiger partial charge in [-0.3, -0.25) is 4.79 Å². The van der Waals surface area contributed by atoms with Crippen LogP contribution in [0.5, 0.6) is 5.75 Å². The number of amides is 1. The maximum absolute atomic E-state index is 11.9. The summed E-state index contributed by atoms with van der Waals surface area (Å²) in [7, 11) is 1.60. The van der Waals surface area contributed by atoms with Gasteiger partial charge in [0.2, 0.25) is 5.91 Å². The van der Waals surface area contributed by atoms with Crippen molar-refractivity contribution in [3.63, 3.8) is 0 Å². The number of nitrogens with one attached hydrogen (secondary N) is 2. The molecule has 6 heteroatoms. The number of hydrogen-bond donors (Lipinski definition) is 3. The first-order valence-corrected chi connectivity index (χ1v) is 7.15. The monoisotopic (exact) mass is 313 g/mol. The van der Waals surface area contributed by atoms with E-state index in [1.54, 1.807) is 31.5 Å². The lowest BCUT2D eigenvalue weighted by Crippen LogP contribution is -2.09. The Balaban J connectivity index is 1.92. The number of benzene rings is 1. The first-order chi connectivity index (χ1) is 11.2. The van der Waals surface area contributed by atoms with Crippen molar-refractivity contribution in [3.8, 4) is 5.75 Å². The number of aromatic nitrogens is 1. The van der Waals surface area contributed by atoms with Crippen LogP contribution >= 0.6 is 0 Å². The molecule has 6 nitrogen and oxygen atoms in total. The zero-order valence-electron chi connectivity index (χ0n) is 12.8. The highest BCUT2D eigenvalue weighted by Crippen LogP contribution is 2.14. The van der Waals surface area contributed by atoms with Gasteiger partial charge in [-0.05, 0) is 35.9 Å². The number of anilines is 2. The quantitative estimate of drug-likeness (QED) is 0.682. The summed E-state index contributed by atoms with van der Waals surface area (Å²) in [6.07, 6.45) is 4.71. The maximum Gasteiger partial charge on any atom is 0.248 e. The second-order valence-corrected chi connectivity index (χ2v) is 4.68. The van der Waals surface area contributed by atoms with E-state index in [0.29, 0.717) is 18.1 Å². The zero-order chi connectivity index (χ0) is 16.5. The molecule has 0 unspecified atom stereocenters. The number of aliphatic hydroxyl groups excluding tert-OH is 1. The van der Waals surface area contributed by atoms with Crippen LogP contribution in [0.4, 0.5) is 11.5 Å². The molecule has 1 heterocycles. The number of nitrogens with zero attached hydrogens (tertiary/aromatic N) is 1. The molecule has 3 N–H and O–H groups in total. The molecular formula is C17H19N3O3. The molecule has 2 rings (SSSR count). The Bertz CT molecular complexity index is 669. The predicted molar refractivity (Wildman–Crippen MR) is 90.5 cm³/mol. The van der Waals surface area contributed by atoms with Crippen LogP contribution in [0.1, 0.15) is 5.56 Å². The van der Waals surface area contributed by atoms with E-state index in [1.165, 1.54) is 6.08 Å². The number of aliphatic hydroxyl groups is 1. The van der Waals surface area contributed by atoms with Crippen LogP contribution in [0.25, 0.3) is 6.08 Å². The van der Waals surface area contributed by atoms with E-state index in [1.807, 2.05) is 24.3 Å². The summed E-state index contributed by atoms with van der Waals surface area (Å²) in [5.74, 6) is 1.14. The molecule has 0 atom stereocenters. The summed E-state index contributed by atoms with van der Waals surface area (Å²) >= 11 is 0. The van der Waals surface area contributed by atoms with Gasteiger partial charge in [0.1, 0.15) is 11.6 Å². The molecule has 2 aromatic rings. The number of methoxy groups -OCH3 is 1. The Kier molecular flexibility index (Phi) is 6.14. The minimum absolute atomic E-state index is 0.0369. The first-order valence-electron chi connectivity index (χ1n) is 7.15. The van der Waals surface area contributed by atoms with Crippen molar-refractivity contribution in [2.45, 2.75) is 0 Å². The molecule has 0 spiro atoms. The van der Waals surface area contributed by atoms with E-state index >= 15 is 0 Å². The van der Waals surface area contributed by atoms with Crippen molar-refractivity contribution in [2.75, 3.05) is 30.9 Å². The maximum atomic E-state index is 11.9. The van der Waals surface area contributed by atoms with Gasteiger partial charge in [-0.2, -0.15) is 0 Å². The SMILES string of the molecule is COc1cccc(/C=C/C(=O)Nc2ccc(NCCO)nc2)c1. The molecular weight excluding hydrogens is 294 g/mol. The third-order valence-corrected chi connectivity index (χ3v) is 2.97. The lowest BCUT2D eigenvalue weighted by Gasteiger charge is -2.05. The molecule has 120 valence electrons. The number of hydrogen-bond acceptors (Lipinski definition) is 5. The standard InChI is InChI=1S/C17H19N3O3/c1-23-15-4-2-3-13(11-15)5-8-17(22)20-14-6-7-16(19-12-14)18-9-10-21/h2-8,11-12,21H,9-10H2,1H3,(H,18,19)(H,20,22)/b8-5+. The Morgan fingerprint density at radius 1 is 1.35 bits per heavy atom. The molecule has 1 aromatic heterocycles. The number of ether oxygens (including phenoxy) is 1. The van der Waals surface area contributed by atoms with Crippen LogP contribution < -0.4 is 15.4 Å². The molecule has 1 aromatic carbocycles. The average Bonchev–Trinajstić information content (AvgIpc) is 2.59. The van der Waals surface area contributed by atoms with Crippen LogP contribution in [0.2, 0.25) is 0 Å². The molecule has 0 saturated heterocycles. The molecule has 0 saturated carbocycles. The van der Waals surface area contributed by atoms with Crippen LogP contribution in [0, 0.1) is 0 Å². The van der Waals surface area contributed by atoms with Crippen molar-refractivity contribution in [2.24, 2.45) is 0 Å². The molecule has 23 heavy (non-hydrogen) atoms. The van der Waals surface area contributed by atoms with Gasteiger partial charge < -0.3 is 20.5 Å². The van der Waals surface area contributed by atoms with Crippen molar-refractivity contribution < 1.29 is 14.6 Å². The van der Waals surface area contributed by atoms with E-state index in [4.69, 9.17) is 9.84 Å². The van der Waals surface area contributed by atoms with Gasteiger partial charge in [-0.25, -0.2) is 4.98 Å². The van der Waals surface area contributed by atoms with Gasteiger partial charge >= 0.3 is 0 Å². The Hall–Kier alpha value is -2.86. The second kappa shape index (κ2) is 8.55. The summed E-state index contributed by atoms with van der Waals surface area (Å²) in [6, 6.07) is 10.9. The van der Waals surface area contributed by atoms with Crippen molar-refractivity contribution in [1.82, 2.24) is 4.98 Å². The smallest absolute Gasteiger partial charge is 0.248 e. The second-order valence-electron chi connectivity index (χ2n) is 4.68. The largest absolute Gasteiger partial charge is 0.497 e. The highest BCUT2D eigenvalue weighted by Gasteiger charge is 2.00. The Labute approximate surface area is 134 Å². The van der Waals surface area contributed by atoms with Gasteiger partial charge in [-0.1, -0.05) is 12.1 Å². The predicted octanol–water partition coefficient (Wildman–Crippen LogP) is 2.15. The molecule has 0 aliphatic carbocycles. The third kappa shape index (κ3) is 5.44. The summed E-state index contributed by atoms with van der Waals surface area (Å²) in [4.78, 5) is 16.0. The topological polar surface area (TPSA) is 83.5 Å². The third-order valence-electron chi connectivity index (χ3n) is 2.97. The van der Waals surface area contributed by atoms with Gasteiger partial charge in [0.15, 0.2) is 0 Å². The molecule has 0 radical (unpaired) electrons. The highest BCUT2D eigenvalue weighted by molar-refractivity contribution is 6.01. The minimum Gasteiger partial charge on any atom is -0.497 e. The molecule has 0 aliphatic rings. The van der Waals surface area contributed by atoms with Gasteiger partial charge in [0.05, 0.1) is 25.6 Å². The fourth-order valence-corrected chi connectivity index (χ4v) is 1.86. The van der Waals surface area contributed by atoms with Gasteiger partial charge in [-0.15, -0.1) is 0 Å². The van der Waals surface area contributed by atoms with Crippen LogP contribution in [-0.4, -0.2) is 36.3 Å². The molecule has 0 aliphatic heterocycles. The fourth-order valence-electron chi connectivity index (χ4n) is 1.86. The number of carbonyl (C=O) groups is 1. The summed E-state index contributed by atoms with van der Waals surface area (Å²) in [5.41, 5.74) is 1.47. The summed E-state index contributed by atoms with van der Waals surface area (Å²) < 4.78 is 5.13. The lowest BCUT2D eigenvalue weighted by molar-refractivity contribution is -0.111. The minimum atomic E-state index is -0.245. The first kappa shape index (κ1) is 16.5. The van der Waals surface area contributed by atoms with E-state index in [-0.39, 0.29) is 12.5 Å².